The second-order valence-electron chi connectivity index (χ2n) is 6.25. The maximum absolute atomic E-state index is 11.1. The summed E-state index contributed by atoms with van der Waals surface area (Å²) >= 11 is 5.54. The minimum atomic E-state index is -0.965. The highest BCUT2D eigenvalue weighted by Crippen LogP contribution is 2.19. The van der Waals surface area contributed by atoms with Crippen LogP contribution in [0.5, 0.6) is 11.5 Å². The molecule has 2 aromatic rings. The van der Waals surface area contributed by atoms with Gasteiger partial charge in [0.15, 0.2) is 0 Å². The van der Waals surface area contributed by atoms with Crippen molar-refractivity contribution < 1.29 is 29.6 Å². The molecule has 0 heterocycles. The third-order valence-corrected chi connectivity index (χ3v) is 4.16. The molecule has 10 heteroatoms. The van der Waals surface area contributed by atoms with Crippen LogP contribution in [-0.4, -0.2) is 65.0 Å². The van der Waals surface area contributed by atoms with E-state index in [9.17, 15) is 15.0 Å². The summed E-state index contributed by atoms with van der Waals surface area (Å²) in [7, 11) is 0. The van der Waals surface area contributed by atoms with E-state index in [0.717, 1.165) is 0 Å². The second-order valence-corrected chi connectivity index (χ2v) is 6.56. The topological polar surface area (TPSA) is 147 Å². The van der Waals surface area contributed by atoms with Gasteiger partial charge < -0.3 is 30.5 Å². The van der Waals surface area contributed by atoms with Crippen LogP contribution in [0.15, 0.2) is 53.6 Å². The molecular formula is C20H24ClN3O6. The van der Waals surface area contributed by atoms with Crippen LogP contribution in [0.4, 0.5) is 4.79 Å². The van der Waals surface area contributed by atoms with E-state index in [4.69, 9.17) is 31.9 Å². The van der Waals surface area contributed by atoms with E-state index < -0.39 is 24.8 Å². The van der Waals surface area contributed by atoms with Crippen molar-refractivity contribution in [1.29, 1.82) is 0 Å². The predicted octanol–water partition coefficient (Wildman–Crippen LogP) is 0.818. The van der Waals surface area contributed by atoms with E-state index >= 15 is 0 Å². The van der Waals surface area contributed by atoms with Crippen LogP contribution in [0.1, 0.15) is 11.1 Å². The number of halogens is 1. The molecular weight excluding hydrogens is 414 g/mol. The first-order chi connectivity index (χ1) is 14.4. The fourth-order valence-corrected chi connectivity index (χ4v) is 2.40. The van der Waals surface area contributed by atoms with Crippen molar-refractivity contribution in [1.82, 2.24) is 5.43 Å². The first-order valence-corrected chi connectivity index (χ1v) is 9.59. The zero-order valence-electron chi connectivity index (χ0n) is 16.1. The first-order valence-electron chi connectivity index (χ1n) is 9.05. The molecule has 0 aliphatic carbocycles. The lowest BCUT2D eigenvalue weighted by atomic mass is 10.0. The quantitative estimate of drug-likeness (QED) is 0.200. The fourth-order valence-electron chi connectivity index (χ4n) is 2.31. The van der Waals surface area contributed by atoms with Crippen molar-refractivity contribution in [2.24, 2.45) is 10.8 Å². The number of nitrogens with two attached hydrogens (primary N) is 1. The van der Waals surface area contributed by atoms with Crippen molar-refractivity contribution in [2.75, 3.05) is 25.7 Å². The zero-order valence-corrected chi connectivity index (χ0v) is 16.8. The minimum Gasteiger partial charge on any atom is -0.491 e. The Balaban J connectivity index is 2.18. The molecule has 162 valence electrons. The number of hydrogen-bond acceptors (Lipinski definition) is 7. The van der Waals surface area contributed by atoms with Gasteiger partial charge in [-0.15, -0.1) is 11.6 Å². The van der Waals surface area contributed by atoms with Crippen LogP contribution < -0.4 is 20.6 Å². The molecule has 6 N–H and O–H groups in total. The van der Waals surface area contributed by atoms with E-state index in [2.05, 4.69) is 10.5 Å². The Hall–Kier alpha value is -2.85. The number of aliphatic hydroxyl groups is 3. The lowest BCUT2D eigenvalue weighted by molar-refractivity contribution is 0.0536. The molecule has 30 heavy (non-hydrogen) atoms. The number of carbonyl (C=O) groups is 1. The summed E-state index contributed by atoms with van der Waals surface area (Å²) in [6, 6.07) is 12.9. The molecule has 0 spiro atoms. The molecule has 2 aromatic carbocycles. The molecule has 0 aliphatic heterocycles. The van der Waals surface area contributed by atoms with Gasteiger partial charge in [0.2, 0.25) is 0 Å². The van der Waals surface area contributed by atoms with Crippen molar-refractivity contribution in [2.45, 2.75) is 12.2 Å². The highest BCUT2D eigenvalue weighted by atomic mass is 35.5. The lowest BCUT2D eigenvalue weighted by Crippen LogP contribution is -2.26. The van der Waals surface area contributed by atoms with Gasteiger partial charge in [-0.1, -0.05) is 0 Å². The normalized spacial score (nSPS) is 13.4. The Morgan fingerprint density at radius 2 is 1.43 bits per heavy atom. The predicted molar refractivity (Wildman–Crippen MR) is 112 cm³/mol. The smallest absolute Gasteiger partial charge is 0.332 e. The van der Waals surface area contributed by atoms with Crippen LogP contribution >= 0.6 is 11.6 Å². The molecule has 0 aliphatic rings. The molecule has 0 bridgehead atoms. The molecule has 2 atom stereocenters. The summed E-state index contributed by atoms with van der Waals surface area (Å²) in [6.45, 7) is -0.364. The summed E-state index contributed by atoms with van der Waals surface area (Å²) in [6.07, 6.45) is -1.73. The number of amides is 2. The number of hydrazone groups is 1. The van der Waals surface area contributed by atoms with Crippen molar-refractivity contribution in [3.8, 4) is 11.5 Å². The summed E-state index contributed by atoms with van der Waals surface area (Å²) in [5, 5.41) is 31.7. The van der Waals surface area contributed by atoms with E-state index in [0.29, 0.717) is 28.3 Å². The van der Waals surface area contributed by atoms with Gasteiger partial charge >= 0.3 is 6.03 Å². The number of nitrogens with zero attached hydrogens (tertiary/aromatic N) is 1. The molecule has 9 nitrogen and oxygen atoms in total. The van der Waals surface area contributed by atoms with Gasteiger partial charge in [0, 0.05) is 11.1 Å². The van der Waals surface area contributed by atoms with Gasteiger partial charge in [0.1, 0.15) is 36.9 Å². The van der Waals surface area contributed by atoms with Crippen LogP contribution in [0.3, 0.4) is 0 Å². The number of primary amides is 1. The number of hydrogen-bond donors (Lipinski definition) is 5. The molecule has 0 radical (unpaired) electrons. The standard InChI is InChI=1S/C20H24ClN3O6/c21-9-15(26)11-29-17-5-1-13(2-6-17)19(23-24-20(22)28)14-3-7-18(8-4-14)30-12-16(27)10-25/h1-8,15-16,25-27H,9-12H2,(H3,22,24,28). The minimum absolute atomic E-state index is 0.0418. The van der Waals surface area contributed by atoms with E-state index in [1.54, 1.807) is 48.5 Å². The number of benzene rings is 2. The third kappa shape index (κ3) is 7.53. The first kappa shape index (κ1) is 23.4. The van der Waals surface area contributed by atoms with E-state index in [1.807, 2.05) is 0 Å². The third-order valence-electron chi connectivity index (χ3n) is 3.81. The number of aliphatic hydroxyl groups excluding tert-OH is 3. The molecule has 2 unspecified atom stereocenters. The SMILES string of the molecule is NC(=O)NN=C(c1ccc(OCC(O)CO)cc1)c1ccc(OCC(O)CCl)cc1. The molecule has 0 saturated heterocycles. The van der Waals surface area contributed by atoms with E-state index in [-0.39, 0.29) is 19.1 Å². The average Bonchev–Trinajstić information content (AvgIpc) is 2.77. The Bertz CT molecular complexity index is 770. The van der Waals surface area contributed by atoms with Gasteiger partial charge in [0.05, 0.1) is 18.2 Å². The van der Waals surface area contributed by atoms with Gasteiger partial charge in [-0.05, 0) is 48.5 Å². The molecule has 2 rings (SSSR count). The lowest BCUT2D eigenvalue weighted by Gasteiger charge is -2.12. The van der Waals surface area contributed by atoms with Crippen LogP contribution in [0.25, 0.3) is 0 Å². The monoisotopic (exact) mass is 437 g/mol. The highest BCUT2D eigenvalue weighted by Gasteiger charge is 2.10. The maximum atomic E-state index is 11.1. The average molecular weight is 438 g/mol. The number of rotatable bonds is 11. The summed E-state index contributed by atoms with van der Waals surface area (Å²) < 4.78 is 10.8. The van der Waals surface area contributed by atoms with Crippen LogP contribution in [0.2, 0.25) is 0 Å². The zero-order chi connectivity index (χ0) is 21.9. The van der Waals surface area contributed by atoms with Crippen LogP contribution in [0, 0.1) is 0 Å². The van der Waals surface area contributed by atoms with Crippen molar-refractivity contribution in [3.63, 3.8) is 0 Å². The molecule has 0 aromatic heterocycles. The van der Waals surface area contributed by atoms with Gasteiger partial charge in [-0.3, -0.25) is 0 Å². The highest BCUT2D eigenvalue weighted by molar-refractivity contribution is 6.18. The number of nitrogens with one attached hydrogen (secondary N) is 1. The Kier molecular flexibility index (Phi) is 9.36. The van der Waals surface area contributed by atoms with Gasteiger partial charge in [-0.2, -0.15) is 5.10 Å². The number of alkyl halides is 1. The van der Waals surface area contributed by atoms with Gasteiger partial charge in [-0.25, -0.2) is 10.2 Å². The number of carbonyl (C=O) groups excluding carboxylic acids is 1. The summed E-state index contributed by atoms with van der Waals surface area (Å²) in [4.78, 5) is 11.1. The largest absolute Gasteiger partial charge is 0.491 e. The van der Waals surface area contributed by atoms with Gasteiger partial charge in [0.25, 0.3) is 0 Å². The Morgan fingerprint density at radius 1 is 0.967 bits per heavy atom. The summed E-state index contributed by atoms with van der Waals surface area (Å²) in [5.74, 6) is 1.11. The Morgan fingerprint density at radius 3 is 1.83 bits per heavy atom. The van der Waals surface area contributed by atoms with Crippen molar-refractivity contribution >= 4 is 23.3 Å². The Labute approximate surface area is 178 Å². The number of urea groups is 1. The fraction of sp³-hybridized carbons (Fsp3) is 0.300. The molecule has 0 saturated carbocycles. The maximum Gasteiger partial charge on any atom is 0.332 e. The molecule has 2 amide bonds. The summed E-state index contributed by atoms with van der Waals surface area (Å²) in [5.41, 5.74) is 9.15. The number of ether oxygens (including phenoxy) is 2. The second kappa shape index (κ2) is 12.0. The van der Waals surface area contributed by atoms with E-state index in [1.165, 1.54) is 0 Å². The van der Waals surface area contributed by atoms with Crippen LogP contribution in [-0.2, 0) is 0 Å². The van der Waals surface area contributed by atoms with Crippen molar-refractivity contribution in [3.05, 3.63) is 59.7 Å². The molecule has 0 fully saturated rings.